The zero-order chi connectivity index (χ0) is 29.6. The number of nitrogens with zero attached hydrogens (tertiary/aromatic N) is 1. The lowest BCUT2D eigenvalue weighted by molar-refractivity contribution is -0.123. The number of nitrogens with one attached hydrogen (secondary N) is 3. The molecule has 8 nitrogen and oxygen atoms in total. The van der Waals surface area contributed by atoms with Crippen LogP contribution in [0.25, 0.3) is 0 Å². The molecular weight excluding hydrogens is 524 g/mol. The van der Waals surface area contributed by atoms with Crippen molar-refractivity contribution in [1.82, 2.24) is 9.97 Å². The van der Waals surface area contributed by atoms with Gasteiger partial charge in [0.1, 0.15) is 5.75 Å². The molecule has 0 aliphatic rings. The lowest BCUT2D eigenvalue weighted by Crippen LogP contribution is -2.34. The Morgan fingerprint density at radius 1 is 1.00 bits per heavy atom. The van der Waals surface area contributed by atoms with Crippen molar-refractivity contribution in [2.45, 2.75) is 102 Å². The number of unbranched alkanes of at least 4 members (excludes halogenated alkanes) is 1. The quantitative estimate of drug-likeness (QED) is 0.191. The third kappa shape index (κ3) is 7.65. The number of amides is 1. The first-order valence-electron chi connectivity index (χ1n) is 14.1. The Bertz CT molecular complexity index is 1360. The van der Waals surface area contributed by atoms with Gasteiger partial charge in [-0.05, 0) is 72.4 Å². The molecule has 0 spiro atoms. The number of carbonyl (C=O) groups excluding carboxylic acids is 1. The highest BCUT2D eigenvalue weighted by atomic mass is 32.2. The maximum atomic E-state index is 13.4. The molecule has 0 radical (unpaired) electrons. The predicted molar refractivity (Wildman–Crippen MR) is 161 cm³/mol. The van der Waals surface area contributed by atoms with Crippen molar-refractivity contribution in [3.63, 3.8) is 0 Å². The zero-order valence-electron chi connectivity index (χ0n) is 24.8. The third-order valence-electron chi connectivity index (χ3n) is 7.80. The smallest absolute Gasteiger partial charge is 0.265 e. The Kier molecular flexibility index (Phi) is 10.1. The van der Waals surface area contributed by atoms with E-state index in [2.05, 4.69) is 80.6 Å². The summed E-state index contributed by atoms with van der Waals surface area (Å²) in [6.45, 7) is 15.3. The molecule has 1 heterocycles. The fourth-order valence-corrected chi connectivity index (χ4v) is 5.19. The van der Waals surface area contributed by atoms with Gasteiger partial charge in [-0.3, -0.25) is 4.79 Å². The number of imidazole rings is 1. The molecule has 0 aliphatic carbocycles. The van der Waals surface area contributed by atoms with Gasteiger partial charge in [-0.15, -0.1) is 0 Å². The Hall–Kier alpha value is -3.33. The van der Waals surface area contributed by atoms with Crippen molar-refractivity contribution < 1.29 is 17.9 Å². The predicted octanol–water partition coefficient (Wildman–Crippen LogP) is 7.16. The van der Waals surface area contributed by atoms with Crippen molar-refractivity contribution in [1.29, 1.82) is 0 Å². The second-order valence-corrected chi connectivity index (χ2v) is 13.2. The van der Waals surface area contributed by atoms with Crippen molar-refractivity contribution in [3.05, 3.63) is 66.0 Å². The second kappa shape index (κ2) is 12.9. The zero-order valence-corrected chi connectivity index (χ0v) is 25.6. The molecule has 0 aliphatic heterocycles. The standard InChI is InChI=1S/C31H44N4O4S/c1-8-11-12-27(39-26-18-13-22(30(4,5)9-2)21-25(26)31(6,7)10-3)28(36)34-23-14-16-24(17-15-23)40(37,38)35-29-32-19-20-33-29/h13-21,27H,8-12H2,1-7H3,(H,34,36)(H2,32,33,35). The van der Waals surface area contributed by atoms with Crippen LogP contribution >= 0.6 is 0 Å². The number of aromatic amines is 1. The molecule has 2 aromatic carbocycles. The summed E-state index contributed by atoms with van der Waals surface area (Å²) < 4.78 is 34.1. The van der Waals surface area contributed by atoms with E-state index in [1.54, 1.807) is 12.1 Å². The van der Waals surface area contributed by atoms with Crippen LogP contribution in [-0.4, -0.2) is 30.4 Å². The Labute approximate surface area is 239 Å². The number of ether oxygens (including phenoxy) is 1. The van der Waals surface area contributed by atoms with Crippen LogP contribution in [0.1, 0.15) is 91.7 Å². The SMILES string of the molecule is CCCCC(Oc1ccc(C(C)(C)CC)cc1C(C)(C)CC)C(=O)Nc1ccc(S(=O)(=O)Nc2ncc[nH]2)cc1. The number of sulfonamides is 1. The highest BCUT2D eigenvalue weighted by Crippen LogP contribution is 2.39. The number of carbonyl (C=O) groups is 1. The van der Waals surface area contributed by atoms with E-state index < -0.39 is 16.1 Å². The lowest BCUT2D eigenvalue weighted by atomic mass is 9.76. The molecule has 3 N–H and O–H groups in total. The molecule has 0 saturated heterocycles. The topological polar surface area (TPSA) is 113 Å². The molecule has 1 amide bonds. The van der Waals surface area contributed by atoms with E-state index in [0.717, 1.165) is 37.0 Å². The van der Waals surface area contributed by atoms with Crippen LogP contribution in [0, 0.1) is 0 Å². The monoisotopic (exact) mass is 568 g/mol. The van der Waals surface area contributed by atoms with Gasteiger partial charge in [-0.2, -0.15) is 0 Å². The minimum absolute atomic E-state index is 0.0310. The fraction of sp³-hybridized carbons (Fsp3) is 0.484. The first-order valence-corrected chi connectivity index (χ1v) is 15.6. The molecule has 1 atom stereocenters. The summed E-state index contributed by atoms with van der Waals surface area (Å²) in [5, 5.41) is 2.91. The molecule has 0 fully saturated rings. The summed E-state index contributed by atoms with van der Waals surface area (Å²) >= 11 is 0. The van der Waals surface area contributed by atoms with Crippen LogP contribution in [0.5, 0.6) is 5.75 Å². The van der Waals surface area contributed by atoms with Gasteiger partial charge in [0, 0.05) is 23.6 Å². The summed E-state index contributed by atoms with van der Waals surface area (Å²) in [6, 6.07) is 12.4. The van der Waals surface area contributed by atoms with Gasteiger partial charge in [-0.1, -0.05) is 67.0 Å². The molecule has 3 aromatic rings. The third-order valence-corrected chi connectivity index (χ3v) is 9.16. The van der Waals surface area contributed by atoms with Crippen LogP contribution in [0.15, 0.2) is 59.8 Å². The van der Waals surface area contributed by atoms with Crippen molar-refractivity contribution in [3.8, 4) is 5.75 Å². The second-order valence-electron chi connectivity index (χ2n) is 11.5. The molecule has 9 heteroatoms. The average molecular weight is 569 g/mol. The molecule has 1 aromatic heterocycles. The lowest BCUT2D eigenvalue weighted by Gasteiger charge is -2.31. The Balaban J connectivity index is 1.83. The van der Waals surface area contributed by atoms with Crippen LogP contribution in [0.3, 0.4) is 0 Å². The number of anilines is 2. The highest BCUT2D eigenvalue weighted by Gasteiger charge is 2.29. The van der Waals surface area contributed by atoms with Gasteiger partial charge in [0.05, 0.1) is 4.90 Å². The fourth-order valence-electron chi connectivity index (χ4n) is 4.21. The van der Waals surface area contributed by atoms with Crippen molar-refractivity contribution in [2.75, 3.05) is 10.0 Å². The maximum Gasteiger partial charge on any atom is 0.265 e. The van der Waals surface area contributed by atoms with E-state index in [1.807, 2.05) is 6.07 Å². The number of rotatable bonds is 14. The maximum absolute atomic E-state index is 13.4. The van der Waals surface area contributed by atoms with Gasteiger partial charge in [0.2, 0.25) is 5.95 Å². The number of H-pyrrole nitrogens is 1. The Morgan fingerprint density at radius 3 is 2.25 bits per heavy atom. The van der Waals surface area contributed by atoms with E-state index in [4.69, 9.17) is 4.74 Å². The van der Waals surface area contributed by atoms with Gasteiger partial charge in [0.25, 0.3) is 15.9 Å². The van der Waals surface area contributed by atoms with E-state index in [-0.39, 0.29) is 27.6 Å². The largest absolute Gasteiger partial charge is 0.480 e. The van der Waals surface area contributed by atoms with Crippen LogP contribution < -0.4 is 14.8 Å². The van der Waals surface area contributed by atoms with Gasteiger partial charge < -0.3 is 15.0 Å². The first kappa shape index (κ1) is 31.2. The van der Waals surface area contributed by atoms with E-state index in [1.165, 1.54) is 30.1 Å². The molecule has 1 unspecified atom stereocenters. The van der Waals surface area contributed by atoms with Gasteiger partial charge in [0.15, 0.2) is 6.10 Å². The van der Waals surface area contributed by atoms with Crippen LogP contribution in [0.4, 0.5) is 11.6 Å². The molecular formula is C31H44N4O4S. The van der Waals surface area contributed by atoms with Crippen molar-refractivity contribution in [2.24, 2.45) is 0 Å². The average Bonchev–Trinajstić information content (AvgIpc) is 3.43. The number of hydrogen-bond acceptors (Lipinski definition) is 5. The Morgan fingerprint density at radius 2 is 1.68 bits per heavy atom. The van der Waals surface area contributed by atoms with Crippen molar-refractivity contribution >= 4 is 27.6 Å². The molecule has 0 saturated carbocycles. The van der Waals surface area contributed by atoms with E-state index in [9.17, 15) is 13.2 Å². The molecule has 40 heavy (non-hydrogen) atoms. The minimum atomic E-state index is -3.82. The summed E-state index contributed by atoms with van der Waals surface area (Å²) in [5.41, 5.74) is 2.74. The normalized spacial score (nSPS) is 13.1. The van der Waals surface area contributed by atoms with E-state index in [0.29, 0.717) is 12.1 Å². The van der Waals surface area contributed by atoms with E-state index >= 15 is 0 Å². The summed E-state index contributed by atoms with van der Waals surface area (Å²) in [6.07, 6.45) is 6.56. The first-order chi connectivity index (χ1) is 18.8. The summed E-state index contributed by atoms with van der Waals surface area (Å²) in [4.78, 5) is 20.1. The van der Waals surface area contributed by atoms with Crippen LogP contribution in [0.2, 0.25) is 0 Å². The molecule has 0 bridgehead atoms. The molecule has 218 valence electrons. The highest BCUT2D eigenvalue weighted by molar-refractivity contribution is 7.92. The number of benzene rings is 2. The number of aromatic nitrogens is 2. The molecule has 3 rings (SSSR count). The minimum Gasteiger partial charge on any atom is -0.480 e. The number of hydrogen-bond donors (Lipinski definition) is 3. The van der Waals surface area contributed by atoms with Gasteiger partial charge in [-0.25, -0.2) is 18.1 Å². The summed E-state index contributed by atoms with van der Waals surface area (Å²) in [7, 11) is -3.82. The van der Waals surface area contributed by atoms with Crippen LogP contribution in [-0.2, 0) is 25.6 Å². The summed E-state index contributed by atoms with van der Waals surface area (Å²) in [5.74, 6) is 0.588. The van der Waals surface area contributed by atoms with Gasteiger partial charge >= 0.3 is 0 Å².